The fraction of sp³-hybridized carbons (Fsp3) is 0.306. The van der Waals surface area contributed by atoms with Crippen molar-refractivity contribution in [3.8, 4) is 22.4 Å². The molecule has 0 radical (unpaired) electrons. The predicted octanol–water partition coefficient (Wildman–Crippen LogP) is 9.50. The molecule has 1 aromatic heterocycles. The second kappa shape index (κ2) is 12.3. The van der Waals surface area contributed by atoms with E-state index >= 15 is 0 Å². The second-order valence-corrected chi connectivity index (χ2v) is 9.98. The van der Waals surface area contributed by atoms with Gasteiger partial charge in [0, 0.05) is 17.2 Å². The van der Waals surface area contributed by atoms with Gasteiger partial charge in [-0.1, -0.05) is 98.9 Å². The van der Waals surface area contributed by atoms with Gasteiger partial charge in [0.15, 0.2) is 0 Å². The van der Waals surface area contributed by atoms with Crippen LogP contribution < -0.4 is 0 Å². The smallest absolute Gasteiger partial charge is 0.0702 e. The third-order valence-corrected chi connectivity index (χ3v) is 7.24. The molecule has 2 aromatic carbocycles. The first-order valence-corrected chi connectivity index (χ1v) is 13.4. The average molecular weight is 482 g/mol. The van der Waals surface area contributed by atoms with E-state index in [2.05, 4.69) is 116 Å². The quantitative estimate of drug-likeness (QED) is 0.219. The number of aryl methyl sites for hydroxylation is 2. The zero-order chi connectivity index (χ0) is 26.1. The van der Waals surface area contributed by atoms with Gasteiger partial charge in [-0.15, -0.1) is 0 Å². The molecule has 0 saturated heterocycles. The lowest BCUT2D eigenvalue weighted by molar-refractivity contribution is 0.518. The normalized spacial score (nSPS) is 14.7. The lowest BCUT2D eigenvalue weighted by Gasteiger charge is -2.29. The first-order chi connectivity index (χ1) is 18.1. The second-order valence-electron chi connectivity index (χ2n) is 9.98. The SMILES string of the molecule is C=C=C=C=C=C=C=CC1(CCCCCCCC)c2cc(C)ccc2-c2ccc(-c3ccc(C)cn3)cc21. The number of hydrogen-bond acceptors (Lipinski definition) is 1. The van der Waals surface area contributed by atoms with E-state index in [0.717, 1.165) is 24.1 Å². The van der Waals surface area contributed by atoms with Gasteiger partial charge in [0.2, 0.25) is 0 Å². The van der Waals surface area contributed by atoms with Crippen LogP contribution in [-0.4, -0.2) is 4.98 Å². The van der Waals surface area contributed by atoms with Crippen LogP contribution in [-0.2, 0) is 5.41 Å². The van der Waals surface area contributed by atoms with E-state index in [4.69, 9.17) is 4.98 Å². The van der Waals surface area contributed by atoms with Crippen molar-refractivity contribution in [2.75, 3.05) is 0 Å². The lowest BCUT2D eigenvalue weighted by atomic mass is 9.73. The molecule has 184 valence electrons. The molecule has 0 aliphatic heterocycles. The standard InChI is InChI=1S/C36H35N/c1-5-7-9-11-13-15-23-36(24-16-14-12-10-8-6-2)33-25-28(3)17-20-31(33)32-21-19-30(26-34(32)36)35-22-18-29(4)27-37-35/h17-23,25-27H,1,6,8,10,12,14,16,24H2,2-4H3. The number of nitrogens with zero attached hydrogens (tertiary/aromatic N) is 1. The maximum atomic E-state index is 4.72. The summed E-state index contributed by atoms with van der Waals surface area (Å²) in [5.41, 5.74) is 26.7. The summed E-state index contributed by atoms with van der Waals surface area (Å²) in [6.45, 7) is 10.0. The van der Waals surface area contributed by atoms with Crippen molar-refractivity contribution in [3.05, 3.63) is 124 Å². The molecule has 1 heterocycles. The first-order valence-electron chi connectivity index (χ1n) is 13.4. The molecular formula is C36H35N. The number of rotatable bonds is 9. The van der Waals surface area contributed by atoms with Crippen molar-refractivity contribution in [1.82, 2.24) is 4.98 Å². The van der Waals surface area contributed by atoms with Gasteiger partial charge in [0.05, 0.1) is 5.69 Å². The van der Waals surface area contributed by atoms with Crippen molar-refractivity contribution in [2.24, 2.45) is 0 Å². The molecule has 4 rings (SSSR count). The highest BCUT2D eigenvalue weighted by molar-refractivity contribution is 5.85. The van der Waals surface area contributed by atoms with Crippen LogP contribution in [0.1, 0.15) is 74.1 Å². The minimum atomic E-state index is -0.283. The van der Waals surface area contributed by atoms with Gasteiger partial charge < -0.3 is 0 Å². The molecule has 1 unspecified atom stereocenters. The molecule has 1 aliphatic carbocycles. The van der Waals surface area contributed by atoms with Crippen LogP contribution in [0, 0.1) is 13.8 Å². The molecule has 37 heavy (non-hydrogen) atoms. The summed E-state index contributed by atoms with van der Waals surface area (Å²) in [4.78, 5) is 4.72. The van der Waals surface area contributed by atoms with E-state index in [1.54, 1.807) is 0 Å². The number of aromatic nitrogens is 1. The molecule has 3 aromatic rings. The molecule has 1 atom stereocenters. The Balaban J connectivity index is 1.88. The Hall–Kier alpha value is -3.99. The van der Waals surface area contributed by atoms with Crippen LogP contribution in [0.5, 0.6) is 0 Å². The van der Waals surface area contributed by atoms with E-state index in [0.29, 0.717) is 0 Å². The molecule has 0 N–H and O–H groups in total. The van der Waals surface area contributed by atoms with Crippen molar-refractivity contribution < 1.29 is 0 Å². The number of allylic oxidation sites excluding steroid dienone is 1. The zero-order valence-corrected chi connectivity index (χ0v) is 22.4. The molecule has 1 heteroatoms. The van der Waals surface area contributed by atoms with Crippen LogP contribution in [0.15, 0.2) is 102 Å². The molecule has 1 nitrogen and oxygen atoms in total. The van der Waals surface area contributed by atoms with Gasteiger partial charge in [-0.05, 0) is 95.8 Å². The Morgan fingerprint density at radius 2 is 1.49 bits per heavy atom. The molecule has 0 spiro atoms. The van der Waals surface area contributed by atoms with Gasteiger partial charge in [-0.25, -0.2) is 0 Å². The summed E-state index contributed by atoms with van der Waals surface area (Å²) in [5, 5.41) is 0. The van der Waals surface area contributed by atoms with Crippen molar-refractivity contribution in [3.63, 3.8) is 0 Å². The molecule has 0 amide bonds. The van der Waals surface area contributed by atoms with Crippen LogP contribution in [0.25, 0.3) is 22.4 Å². The van der Waals surface area contributed by atoms with Gasteiger partial charge in [-0.2, -0.15) is 0 Å². The maximum absolute atomic E-state index is 4.72. The molecule has 0 bridgehead atoms. The fourth-order valence-corrected chi connectivity index (χ4v) is 5.34. The van der Waals surface area contributed by atoms with Gasteiger partial charge in [-0.3, -0.25) is 4.98 Å². The van der Waals surface area contributed by atoms with Crippen molar-refractivity contribution in [2.45, 2.75) is 71.1 Å². The lowest BCUT2D eigenvalue weighted by Crippen LogP contribution is -2.22. The Morgan fingerprint density at radius 1 is 0.784 bits per heavy atom. The van der Waals surface area contributed by atoms with Gasteiger partial charge in [0.1, 0.15) is 0 Å². The van der Waals surface area contributed by atoms with E-state index in [-0.39, 0.29) is 5.41 Å². The van der Waals surface area contributed by atoms with Crippen molar-refractivity contribution >= 4 is 0 Å². The number of hydrogen-bond donors (Lipinski definition) is 0. The van der Waals surface area contributed by atoms with Crippen LogP contribution in [0.4, 0.5) is 0 Å². The maximum Gasteiger partial charge on any atom is 0.0702 e. The third-order valence-electron chi connectivity index (χ3n) is 7.24. The van der Waals surface area contributed by atoms with Crippen LogP contribution >= 0.6 is 0 Å². The average Bonchev–Trinajstić information content (AvgIpc) is 3.17. The van der Waals surface area contributed by atoms with E-state index in [9.17, 15) is 0 Å². The summed E-state index contributed by atoms with van der Waals surface area (Å²) in [6, 6.07) is 17.9. The first kappa shape index (κ1) is 26.1. The highest BCUT2D eigenvalue weighted by Gasteiger charge is 2.41. The number of fused-ring (bicyclic) bond motifs is 3. The van der Waals surface area contributed by atoms with Gasteiger partial charge in [0.25, 0.3) is 0 Å². The minimum Gasteiger partial charge on any atom is -0.256 e. The van der Waals surface area contributed by atoms with Crippen LogP contribution in [0.2, 0.25) is 0 Å². The van der Waals surface area contributed by atoms with Crippen molar-refractivity contribution in [1.29, 1.82) is 0 Å². The van der Waals surface area contributed by atoms with E-state index in [1.807, 2.05) is 6.20 Å². The third kappa shape index (κ3) is 5.88. The Labute approximate surface area is 222 Å². The summed E-state index contributed by atoms with van der Waals surface area (Å²) >= 11 is 0. The monoisotopic (exact) mass is 481 g/mol. The summed E-state index contributed by atoms with van der Waals surface area (Å²) in [7, 11) is 0. The zero-order valence-electron chi connectivity index (χ0n) is 22.4. The number of pyridine rings is 1. The molecule has 0 fully saturated rings. The minimum absolute atomic E-state index is 0.283. The summed E-state index contributed by atoms with van der Waals surface area (Å²) in [6.07, 6.45) is 12.7. The largest absolute Gasteiger partial charge is 0.256 e. The Bertz CT molecular complexity index is 1500. The highest BCUT2D eigenvalue weighted by Crippen LogP contribution is 2.53. The number of benzene rings is 2. The summed E-state index contributed by atoms with van der Waals surface area (Å²) in [5.74, 6) is 0. The van der Waals surface area contributed by atoms with E-state index in [1.165, 1.54) is 65.5 Å². The molecule has 1 aliphatic rings. The predicted molar refractivity (Wildman–Crippen MR) is 155 cm³/mol. The molecule has 0 saturated carbocycles. The summed E-state index contributed by atoms with van der Waals surface area (Å²) < 4.78 is 0. The van der Waals surface area contributed by atoms with Gasteiger partial charge >= 0.3 is 0 Å². The Morgan fingerprint density at radius 3 is 2.24 bits per heavy atom. The Kier molecular flexibility index (Phi) is 8.68. The van der Waals surface area contributed by atoms with Crippen LogP contribution in [0.3, 0.4) is 0 Å². The number of unbranched alkanes of at least 4 members (excludes halogenated alkanes) is 5. The van der Waals surface area contributed by atoms with E-state index < -0.39 is 0 Å². The molecular weight excluding hydrogens is 446 g/mol. The highest BCUT2D eigenvalue weighted by atomic mass is 14.7. The topological polar surface area (TPSA) is 12.9 Å². The fourth-order valence-electron chi connectivity index (χ4n) is 5.34.